The second kappa shape index (κ2) is 4.18. The predicted molar refractivity (Wildman–Crippen MR) is 62.1 cm³/mol. The molecule has 0 aliphatic carbocycles. The van der Waals surface area contributed by atoms with Crippen molar-refractivity contribution in [2.45, 2.75) is 19.5 Å². The van der Waals surface area contributed by atoms with Crippen LogP contribution in [-0.4, -0.2) is 15.6 Å². The third-order valence-electron chi connectivity index (χ3n) is 2.80. The summed E-state index contributed by atoms with van der Waals surface area (Å²) in [7, 11) is 0. The number of carboxylic acids is 1. The zero-order chi connectivity index (χ0) is 12.6. The van der Waals surface area contributed by atoms with Gasteiger partial charge in [-0.1, -0.05) is 0 Å². The minimum Gasteiger partial charge on any atom is -0.480 e. The molecular formula is C12H13FN2O2. The van der Waals surface area contributed by atoms with Gasteiger partial charge in [0.05, 0.1) is 5.52 Å². The van der Waals surface area contributed by atoms with Gasteiger partial charge in [-0.05, 0) is 31.2 Å². The zero-order valence-electron chi connectivity index (χ0n) is 9.35. The van der Waals surface area contributed by atoms with E-state index in [-0.39, 0.29) is 5.82 Å². The summed E-state index contributed by atoms with van der Waals surface area (Å²) in [6.45, 7) is 2.41. The van der Waals surface area contributed by atoms with Gasteiger partial charge in [0.25, 0.3) is 0 Å². The fraction of sp³-hybridized carbons (Fsp3) is 0.250. The Kier molecular flexibility index (Phi) is 2.85. The minimum atomic E-state index is -1.09. The molecule has 0 aliphatic rings. The molecule has 4 nitrogen and oxygen atoms in total. The van der Waals surface area contributed by atoms with Crippen LogP contribution < -0.4 is 5.73 Å². The molecule has 1 unspecified atom stereocenters. The van der Waals surface area contributed by atoms with Crippen LogP contribution in [-0.2, 0) is 11.3 Å². The number of hydrogen-bond donors (Lipinski definition) is 2. The van der Waals surface area contributed by atoms with Crippen LogP contribution >= 0.6 is 0 Å². The fourth-order valence-corrected chi connectivity index (χ4v) is 1.99. The Morgan fingerprint density at radius 2 is 2.24 bits per heavy atom. The summed E-state index contributed by atoms with van der Waals surface area (Å²) in [6, 6.07) is 4.95. The number of nitrogens with zero attached hydrogens (tertiary/aromatic N) is 1. The molecular weight excluding hydrogens is 223 g/mol. The van der Waals surface area contributed by atoms with Gasteiger partial charge in [0, 0.05) is 17.6 Å². The lowest BCUT2D eigenvalue weighted by molar-refractivity contribution is -0.138. The Labute approximate surface area is 97.5 Å². The number of aryl methyl sites for hydroxylation is 1. The number of hydrogen-bond acceptors (Lipinski definition) is 2. The van der Waals surface area contributed by atoms with Crippen molar-refractivity contribution >= 4 is 16.9 Å². The zero-order valence-corrected chi connectivity index (χ0v) is 9.35. The second-order valence-electron chi connectivity index (χ2n) is 3.83. The average molecular weight is 236 g/mol. The Morgan fingerprint density at radius 1 is 1.53 bits per heavy atom. The highest BCUT2D eigenvalue weighted by molar-refractivity contribution is 5.84. The van der Waals surface area contributed by atoms with E-state index in [1.54, 1.807) is 16.7 Å². The van der Waals surface area contributed by atoms with Crippen molar-refractivity contribution in [3.05, 3.63) is 35.8 Å². The number of aromatic nitrogens is 1. The van der Waals surface area contributed by atoms with E-state index in [9.17, 15) is 9.18 Å². The van der Waals surface area contributed by atoms with Crippen LogP contribution in [0, 0.1) is 5.82 Å². The first-order valence-corrected chi connectivity index (χ1v) is 5.31. The van der Waals surface area contributed by atoms with Gasteiger partial charge in [-0.3, -0.25) is 4.79 Å². The maximum Gasteiger partial charge on any atom is 0.326 e. The lowest BCUT2D eigenvalue weighted by Gasteiger charge is -2.11. The van der Waals surface area contributed by atoms with Gasteiger partial charge in [0.2, 0.25) is 0 Å². The number of carboxylic acid groups (broad SMARTS) is 1. The first kappa shape index (κ1) is 11.6. The molecule has 1 aromatic heterocycles. The van der Waals surface area contributed by atoms with E-state index in [0.29, 0.717) is 17.8 Å². The summed E-state index contributed by atoms with van der Waals surface area (Å²) in [4.78, 5) is 10.9. The molecule has 17 heavy (non-hydrogen) atoms. The molecule has 0 spiro atoms. The van der Waals surface area contributed by atoms with Crippen LogP contribution in [0.1, 0.15) is 18.7 Å². The van der Waals surface area contributed by atoms with Crippen molar-refractivity contribution in [2.24, 2.45) is 5.73 Å². The van der Waals surface area contributed by atoms with Crippen LogP contribution in [0.25, 0.3) is 10.9 Å². The van der Waals surface area contributed by atoms with Crippen LogP contribution in [0.2, 0.25) is 0 Å². The quantitative estimate of drug-likeness (QED) is 0.855. The molecule has 0 aliphatic heterocycles. The molecule has 5 heteroatoms. The summed E-state index contributed by atoms with van der Waals surface area (Å²) in [5.41, 5.74) is 6.75. The number of carbonyl (C=O) groups is 1. The van der Waals surface area contributed by atoms with E-state index in [1.165, 1.54) is 12.1 Å². The molecule has 0 radical (unpaired) electrons. The molecule has 3 N–H and O–H groups in total. The number of nitrogens with two attached hydrogens (primary N) is 1. The molecule has 0 saturated heterocycles. The van der Waals surface area contributed by atoms with Gasteiger partial charge in [0.1, 0.15) is 11.9 Å². The van der Waals surface area contributed by atoms with Crippen molar-refractivity contribution in [2.75, 3.05) is 0 Å². The smallest absolute Gasteiger partial charge is 0.326 e. The molecule has 0 fully saturated rings. The summed E-state index contributed by atoms with van der Waals surface area (Å²) in [5, 5.41) is 9.71. The van der Waals surface area contributed by atoms with Gasteiger partial charge in [0.15, 0.2) is 0 Å². The van der Waals surface area contributed by atoms with Gasteiger partial charge < -0.3 is 15.4 Å². The van der Waals surface area contributed by atoms with E-state index in [0.717, 1.165) is 5.39 Å². The van der Waals surface area contributed by atoms with Crippen molar-refractivity contribution in [1.29, 1.82) is 0 Å². The molecule has 2 aromatic rings. The van der Waals surface area contributed by atoms with Crippen LogP contribution in [0.4, 0.5) is 4.39 Å². The molecule has 1 aromatic carbocycles. The third-order valence-corrected chi connectivity index (χ3v) is 2.80. The Hall–Kier alpha value is -1.88. The second-order valence-corrected chi connectivity index (χ2v) is 3.83. The minimum absolute atomic E-state index is 0.347. The molecule has 0 saturated carbocycles. The third kappa shape index (κ3) is 1.89. The van der Waals surface area contributed by atoms with Crippen molar-refractivity contribution in [3.8, 4) is 0 Å². The number of aliphatic carboxylic acids is 1. The van der Waals surface area contributed by atoms with Crippen LogP contribution in [0.15, 0.2) is 24.3 Å². The van der Waals surface area contributed by atoms with E-state index in [4.69, 9.17) is 10.8 Å². The van der Waals surface area contributed by atoms with Crippen molar-refractivity contribution in [3.63, 3.8) is 0 Å². The molecule has 0 amide bonds. The Morgan fingerprint density at radius 3 is 2.82 bits per heavy atom. The first-order valence-electron chi connectivity index (χ1n) is 5.31. The lowest BCUT2D eigenvalue weighted by atomic mass is 10.2. The normalized spacial score (nSPS) is 12.9. The monoisotopic (exact) mass is 236 g/mol. The summed E-state index contributed by atoms with van der Waals surface area (Å²) in [6.07, 6.45) is 0. The summed E-state index contributed by atoms with van der Waals surface area (Å²) in [5.74, 6) is -1.44. The highest BCUT2D eigenvalue weighted by Gasteiger charge is 2.20. The first-order chi connectivity index (χ1) is 8.04. The number of benzene rings is 1. The van der Waals surface area contributed by atoms with Gasteiger partial charge in [-0.2, -0.15) is 0 Å². The average Bonchev–Trinajstić information content (AvgIpc) is 2.65. The molecule has 0 bridgehead atoms. The fourth-order valence-electron chi connectivity index (χ4n) is 1.99. The Bertz CT molecular complexity index is 577. The van der Waals surface area contributed by atoms with Crippen LogP contribution in [0.3, 0.4) is 0 Å². The van der Waals surface area contributed by atoms with E-state index < -0.39 is 12.0 Å². The molecule has 90 valence electrons. The SMILES string of the molecule is CCn1c(C(N)C(=O)O)cc2ccc(F)cc21. The number of rotatable bonds is 3. The van der Waals surface area contributed by atoms with Crippen molar-refractivity contribution in [1.82, 2.24) is 4.57 Å². The van der Waals surface area contributed by atoms with Gasteiger partial charge in [-0.15, -0.1) is 0 Å². The highest BCUT2D eigenvalue weighted by Crippen LogP contribution is 2.24. The number of halogens is 1. The largest absolute Gasteiger partial charge is 0.480 e. The molecule has 2 rings (SSSR count). The Balaban J connectivity index is 2.68. The predicted octanol–water partition coefficient (Wildman–Crippen LogP) is 1.88. The van der Waals surface area contributed by atoms with Gasteiger partial charge >= 0.3 is 5.97 Å². The molecule has 1 heterocycles. The standard InChI is InChI=1S/C12H13FN2O2/c1-2-15-9-6-8(13)4-3-7(9)5-10(15)11(14)12(16)17/h3-6,11H,2,14H2,1H3,(H,16,17). The summed E-state index contributed by atoms with van der Waals surface area (Å²) < 4.78 is 14.9. The highest BCUT2D eigenvalue weighted by atomic mass is 19.1. The van der Waals surface area contributed by atoms with E-state index in [1.807, 2.05) is 6.92 Å². The van der Waals surface area contributed by atoms with E-state index in [2.05, 4.69) is 0 Å². The topological polar surface area (TPSA) is 68.2 Å². The van der Waals surface area contributed by atoms with Gasteiger partial charge in [-0.25, -0.2) is 4.39 Å². The summed E-state index contributed by atoms with van der Waals surface area (Å²) >= 11 is 0. The van der Waals surface area contributed by atoms with Crippen molar-refractivity contribution < 1.29 is 14.3 Å². The number of fused-ring (bicyclic) bond motifs is 1. The van der Waals surface area contributed by atoms with Crippen LogP contribution in [0.5, 0.6) is 0 Å². The van der Waals surface area contributed by atoms with E-state index >= 15 is 0 Å². The maximum atomic E-state index is 13.2. The maximum absolute atomic E-state index is 13.2. The lowest BCUT2D eigenvalue weighted by Crippen LogP contribution is -2.23. The molecule has 1 atom stereocenters.